The molecule has 3 rings (SSSR count). The van der Waals surface area contributed by atoms with Gasteiger partial charge in [-0.3, -0.25) is 0 Å². The van der Waals surface area contributed by atoms with E-state index in [1.165, 1.54) is 16.7 Å². The summed E-state index contributed by atoms with van der Waals surface area (Å²) in [6.45, 7) is 11.2. The van der Waals surface area contributed by atoms with E-state index in [1.54, 1.807) is 0 Å². The highest BCUT2D eigenvalue weighted by Gasteiger charge is 2.29. The highest BCUT2D eigenvalue weighted by atomic mass is 31.1. The number of hydrogen-bond acceptors (Lipinski definition) is 3. The number of rotatable bonds is 15. The van der Waals surface area contributed by atoms with E-state index >= 15 is 0 Å². The van der Waals surface area contributed by atoms with Crippen LogP contribution in [0.3, 0.4) is 0 Å². The zero-order valence-corrected chi connectivity index (χ0v) is 21.7. The van der Waals surface area contributed by atoms with E-state index in [-0.39, 0.29) is 7.92 Å². The van der Waals surface area contributed by atoms with Crippen LogP contribution in [0.15, 0.2) is 91.0 Å². The molecule has 3 atom stereocenters. The Kier molecular flexibility index (Phi) is 11.8. The second-order valence-corrected chi connectivity index (χ2v) is 12.5. The Morgan fingerprint density at radius 3 is 1.00 bits per heavy atom. The van der Waals surface area contributed by atoms with E-state index in [9.17, 15) is 0 Å². The van der Waals surface area contributed by atoms with Gasteiger partial charge in [-0.2, -0.15) is 0 Å². The summed E-state index contributed by atoms with van der Waals surface area (Å²) in [6.07, 6.45) is 0. The molecule has 0 saturated heterocycles. The normalized spacial score (nSPS) is 14.9. The van der Waals surface area contributed by atoms with Crippen LogP contribution in [0.1, 0.15) is 37.5 Å². The van der Waals surface area contributed by atoms with Gasteiger partial charge in [0.2, 0.25) is 0 Å². The van der Waals surface area contributed by atoms with Crippen molar-refractivity contribution in [1.29, 1.82) is 0 Å². The molecule has 0 aliphatic carbocycles. The van der Waals surface area contributed by atoms with E-state index in [1.807, 2.05) is 18.2 Å². The third-order valence-electron chi connectivity index (χ3n) is 5.94. The second-order valence-electron chi connectivity index (χ2n) is 9.00. The molecule has 0 amide bonds. The lowest BCUT2D eigenvalue weighted by Gasteiger charge is -2.35. The molecule has 4 heteroatoms. The maximum atomic E-state index is 6.14. The lowest BCUT2D eigenvalue weighted by atomic mass is 10.2. The van der Waals surface area contributed by atoms with Crippen molar-refractivity contribution in [2.45, 2.75) is 57.6 Å². The smallest absolute Gasteiger partial charge is 0.0717 e. The quantitative estimate of drug-likeness (QED) is 0.215. The van der Waals surface area contributed by atoms with Gasteiger partial charge in [-0.05, 0) is 16.7 Å². The van der Waals surface area contributed by atoms with Crippen molar-refractivity contribution in [3.05, 3.63) is 108 Å². The lowest BCUT2D eigenvalue weighted by molar-refractivity contribution is 0.113. The van der Waals surface area contributed by atoms with Crippen molar-refractivity contribution < 1.29 is 14.2 Å². The van der Waals surface area contributed by atoms with Crippen molar-refractivity contribution in [3.63, 3.8) is 0 Å². The Morgan fingerprint density at radius 2 is 0.735 bits per heavy atom. The van der Waals surface area contributed by atoms with Gasteiger partial charge in [0.1, 0.15) is 0 Å². The van der Waals surface area contributed by atoms with Crippen LogP contribution in [0.25, 0.3) is 0 Å². The summed E-state index contributed by atoms with van der Waals surface area (Å²) in [6, 6.07) is 31.2. The maximum Gasteiger partial charge on any atom is 0.0717 e. The van der Waals surface area contributed by atoms with E-state index in [2.05, 4.69) is 93.6 Å². The number of ether oxygens (including phenoxy) is 3. The molecule has 182 valence electrons. The molecule has 0 spiro atoms. The van der Waals surface area contributed by atoms with Crippen molar-refractivity contribution in [2.24, 2.45) is 0 Å². The Hall–Kier alpha value is -2.03. The van der Waals surface area contributed by atoms with E-state index in [0.717, 1.165) is 19.8 Å². The van der Waals surface area contributed by atoms with E-state index < -0.39 is 0 Å². The van der Waals surface area contributed by atoms with Crippen molar-refractivity contribution in [3.8, 4) is 0 Å². The number of hydrogen-bond donors (Lipinski definition) is 0. The minimum atomic E-state index is -0.361. The first-order chi connectivity index (χ1) is 16.6. The largest absolute Gasteiger partial charge is 0.376 e. The van der Waals surface area contributed by atoms with Gasteiger partial charge in [0.05, 0.1) is 39.6 Å². The Morgan fingerprint density at radius 1 is 0.471 bits per heavy atom. The Labute approximate surface area is 207 Å². The van der Waals surface area contributed by atoms with Gasteiger partial charge in [-0.25, -0.2) is 0 Å². The first-order valence-electron chi connectivity index (χ1n) is 12.3. The van der Waals surface area contributed by atoms with Crippen LogP contribution in [-0.4, -0.2) is 36.8 Å². The highest BCUT2D eigenvalue weighted by Crippen LogP contribution is 2.51. The molecule has 3 unspecified atom stereocenters. The van der Waals surface area contributed by atoms with Gasteiger partial charge in [0.25, 0.3) is 0 Å². The molecule has 3 aromatic carbocycles. The van der Waals surface area contributed by atoms with Gasteiger partial charge in [-0.1, -0.05) is 120 Å². The molecule has 0 radical (unpaired) electrons. The molecular formula is C30H39O3P. The summed E-state index contributed by atoms with van der Waals surface area (Å²) in [5, 5.41) is 0. The second kappa shape index (κ2) is 15.1. The van der Waals surface area contributed by atoms with Gasteiger partial charge in [-0.15, -0.1) is 0 Å². The Bertz CT molecular complexity index is 782. The van der Waals surface area contributed by atoms with Crippen LogP contribution in [0.5, 0.6) is 0 Å². The predicted octanol–water partition coefficient (Wildman–Crippen LogP) is 7.28. The van der Waals surface area contributed by atoms with Crippen LogP contribution >= 0.6 is 7.92 Å². The summed E-state index contributed by atoms with van der Waals surface area (Å²) in [7, 11) is -0.361. The first-order valence-corrected chi connectivity index (χ1v) is 13.8. The fraction of sp³-hybridized carbons (Fsp3) is 0.400. The number of benzene rings is 3. The third kappa shape index (κ3) is 9.31. The van der Waals surface area contributed by atoms with E-state index in [0.29, 0.717) is 36.8 Å². The zero-order valence-electron chi connectivity index (χ0n) is 20.8. The summed E-state index contributed by atoms with van der Waals surface area (Å²) in [4.78, 5) is 0. The summed E-state index contributed by atoms with van der Waals surface area (Å²) in [5.41, 5.74) is 5.05. The highest BCUT2D eigenvalue weighted by molar-refractivity contribution is 7.59. The third-order valence-corrected chi connectivity index (χ3v) is 9.44. The van der Waals surface area contributed by atoms with Crippen LogP contribution < -0.4 is 0 Å². The average molecular weight is 479 g/mol. The van der Waals surface area contributed by atoms with Crippen LogP contribution in [0, 0.1) is 0 Å². The zero-order chi connectivity index (χ0) is 24.0. The average Bonchev–Trinajstić information content (AvgIpc) is 2.86. The summed E-state index contributed by atoms with van der Waals surface area (Å²) >= 11 is 0. The molecule has 3 aromatic rings. The molecule has 0 N–H and O–H groups in total. The fourth-order valence-corrected chi connectivity index (χ4v) is 7.77. The maximum absolute atomic E-state index is 6.14. The summed E-state index contributed by atoms with van der Waals surface area (Å²) in [5.74, 6) is 0. The van der Waals surface area contributed by atoms with E-state index in [4.69, 9.17) is 14.2 Å². The van der Waals surface area contributed by atoms with Gasteiger partial charge in [0, 0.05) is 17.0 Å². The van der Waals surface area contributed by atoms with Gasteiger partial charge >= 0.3 is 0 Å². The summed E-state index contributed by atoms with van der Waals surface area (Å²) < 4.78 is 18.4. The topological polar surface area (TPSA) is 27.7 Å². The van der Waals surface area contributed by atoms with Crippen LogP contribution in [-0.2, 0) is 34.0 Å². The standard InChI is InChI=1S/C30H39O3P/c1-25(19-31-22-28-13-7-4-8-14-28)34(26(2)20-32-23-29-15-9-5-10-16-29)27(3)21-33-24-30-17-11-6-12-18-30/h4-18,25-27H,19-24H2,1-3H3. The van der Waals surface area contributed by atoms with Crippen LogP contribution in [0.4, 0.5) is 0 Å². The van der Waals surface area contributed by atoms with Crippen molar-refractivity contribution in [1.82, 2.24) is 0 Å². The monoisotopic (exact) mass is 478 g/mol. The molecule has 3 nitrogen and oxygen atoms in total. The molecule has 34 heavy (non-hydrogen) atoms. The fourth-order valence-electron chi connectivity index (χ4n) is 4.33. The molecule has 0 heterocycles. The predicted molar refractivity (Wildman–Crippen MR) is 144 cm³/mol. The van der Waals surface area contributed by atoms with Gasteiger partial charge < -0.3 is 14.2 Å². The molecule has 0 aliphatic rings. The molecule has 0 aliphatic heterocycles. The molecular weight excluding hydrogens is 439 g/mol. The van der Waals surface area contributed by atoms with Crippen LogP contribution in [0.2, 0.25) is 0 Å². The SMILES string of the molecule is CC(COCc1ccccc1)P(C(C)COCc1ccccc1)C(C)COCc1ccccc1. The first kappa shape index (κ1) is 26.6. The Balaban J connectivity index is 1.54. The van der Waals surface area contributed by atoms with Gasteiger partial charge in [0.15, 0.2) is 0 Å². The molecule has 0 fully saturated rings. The lowest BCUT2D eigenvalue weighted by Crippen LogP contribution is -2.27. The molecule has 0 aromatic heterocycles. The minimum absolute atomic E-state index is 0.361. The molecule has 0 bridgehead atoms. The van der Waals surface area contributed by atoms with Crippen molar-refractivity contribution >= 4 is 7.92 Å². The minimum Gasteiger partial charge on any atom is -0.376 e. The molecule has 0 saturated carbocycles. The van der Waals surface area contributed by atoms with Crippen molar-refractivity contribution in [2.75, 3.05) is 19.8 Å².